The van der Waals surface area contributed by atoms with Crippen LogP contribution < -0.4 is 10.1 Å². The minimum atomic E-state index is -0.153. The first-order chi connectivity index (χ1) is 15.9. The van der Waals surface area contributed by atoms with Gasteiger partial charge < -0.3 is 14.6 Å². The molecule has 1 aliphatic carbocycles. The highest BCUT2D eigenvalue weighted by atomic mass is 32.2. The van der Waals surface area contributed by atoms with E-state index in [1.165, 1.54) is 22.2 Å². The smallest absolute Gasteiger partial charge is 0.235 e. The number of thiophene rings is 1. The molecule has 1 aliphatic rings. The van der Waals surface area contributed by atoms with Gasteiger partial charge in [-0.25, -0.2) is 0 Å². The monoisotopic (exact) mass is 481 g/mol. The summed E-state index contributed by atoms with van der Waals surface area (Å²) in [5.74, 6) is 2.16. The summed E-state index contributed by atoms with van der Waals surface area (Å²) in [5.41, 5.74) is 4.02. The summed E-state index contributed by atoms with van der Waals surface area (Å²) in [4.78, 5) is 13.8. The predicted octanol–water partition coefficient (Wildman–Crippen LogP) is 4.80. The first-order valence-corrected chi connectivity index (χ1v) is 12.7. The lowest BCUT2D eigenvalue weighted by molar-refractivity contribution is -0.113. The average Bonchev–Trinajstić information content (AvgIpc) is 3.31. The second kappa shape index (κ2) is 9.98. The Balaban J connectivity index is 1.35. The van der Waals surface area contributed by atoms with Crippen molar-refractivity contribution in [1.82, 2.24) is 14.8 Å². The number of nitriles is 1. The van der Waals surface area contributed by atoms with Crippen LogP contribution in [0.1, 0.15) is 46.3 Å². The van der Waals surface area contributed by atoms with Gasteiger partial charge in [0, 0.05) is 11.9 Å². The van der Waals surface area contributed by atoms with E-state index in [0.29, 0.717) is 34.1 Å². The van der Waals surface area contributed by atoms with Crippen LogP contribution in [0, 0.1) is 31.1 Å². The fourth-order valence-corrected chi connectivity index (χ4v) is 5.98. The number of benzene rings is 1. The minimum absolute atomic E-state index is 0.153. The number of hydrogen-bond donors (Lipinski definition) is 1. The Morgan fingerprint density at radius 3 is 3.00 bits per heavy atom. The molecule has 2 heterocycles. The fourth-order valence-electron chi connectivity index (χ4n) is 3.87. The van der Waals surface area contributed by atoms with Gasteiger partial charge in [0.05, 0.1) is 11.3 Å². The molecule has 0 aliphatic heterocycles. The second-order valence-corrected chi connectivity index (χ2v) is 10.5. The molecule has 0 fully saturated rings. The number of nitrogens with one attached hydrogen (secondary N) is 1. The Kier molecular flexibility index (Phi) is 7.05. The fraction of sp³-hybridized carbons (Fsp3) is 0.417. The molecule has 9 heteroatoms. The van der Waals surface area contributed by atoms with Gasteiger partial charge in [-0.3, -0.25) is 4.79 Å². The van der Waals surface area contributed by atoms with E-state index in [1.807, 2.05) is 30.7 Å². The third-order valence-corrected chi connectivity index (χ3v) is 8.24. The Bertz CT molecular complexity index is 1220. The van der Waals surface area contributed by atoms with Crippen LogP contribution in [0.15, 0.2) is 23.4 Å². The zero-order valence-corrected chi connectivity index (χ0v) is 20.9. The molecule has 7 nitrogen and oxygen atoms in total. The highest BCUT2D eigenvalue weighted by Crippen LogP contribution is 2.39. The van der Waals surface area contributed by atoms with Gasteiger partial charge in [0.1, 0.15) is 23.4 Å². The molecule has 1 aromatic carbocycles. The summed E-state index contributed by atoms with van der Waals surface area (Å²) in [6, 6.07) is 8.26. The topological polar surface area (TPSA) is 92.8 Å². The van der Waals surface area contributed by atoms with Gasteiger partial charge in [0.2, 0.25) is 5.91 Å². The number of rotatable bonds is 7. The number of anilines is 1. The lowest BCUT2D eigenvalue weighted by Crippen LogP contribution is -2.14. The van der Waals surface area contributed by atoms with E-state index in [1.54, 1.807) is 11.3 Å². The second-order valence-electron chi connectivity index (χ2n) is 8.45. The molecule has 0 bridgehead atoms. The van der Waals surface area contributed by atoms with Crippen molar-refractivity contribution in [2.24, 2.45) is 13.0 Å². The van der Waals surface area contributed by atoms with Crippen molar-refractivity contribution >= 4 is 34.0 Å². The van der Waals surface area contributed by atoms with Gasteiger partial charge in [-0.1, -0.05) is 30.8 Å². The number of carbonyl (C=O) groups excluding carboxylic acids is 1. The minimum Gasteiger partial charge on any atom is -0.485 e. The maximum absolute atomic E-state index is 12.6. The normalized spacial score (nSPS) is 15.1. The summed E-state index contributed by atoms with van der Waals surface area (Å²) < 4.78 is 7.78. The Labute approximate surface area is 202 Å². The van der Waals surface area contributed by atoms with E-state index in [4.69, 9.17) is 4.74 Å². The maximum Gasteiger partial charge on any atom is 0.235 e. The number of aromatic nitrogens is 3. The van der Waals surface area contributed by atoms with Gasteiger partial charge in [0.15, 0.2) is 11.0 Å². The van der Waals surface area contributed by atoms with Crippen molar-refractivity contribution in [3.05, 3.63) is 51.2 Å². The Morgan fingerprint density at radius 2 is 2.21 bits per heavy atom. The number of amides is 1. The van der Waals surface area contributed by atoms with Gasteiger partial charge in [-0.15, -0.1) is 21.5 Å². The van der Waals surface area contributed by atoms with Gasteiger partial charge in [-0.2, -0.15) is 5.26 Å². The van der Waals surface area contributed by atoms with Crippen LogP contribution in [-0.4, -0.2) is 26.4 Å². The van der Waals surface area contributed by atoms with E-state index in [-0.39, 0.29) is 11.7 Å². The molecule has 3 aromatic rings. The third-order valence-electron chi connectivity index (χ3n) is 6.05. The van der Waals surface area contributed by atoms with Crippen LogP contribution in [0.5, 0.6) is 5.75 Å². The van der Waals surface area contributed by atoms with Gasteiger partial charge >= 0.3 is 0 Å². The molecule has 0 radical (unpaired) electrons. The first-order valence-electron chi connectivity index (χ1n) is 10.9. The number of hydrogen-bond acceptors (Lipinski definition) is 7. The summed E-state index contributed by atoms with van der Waals surface area (Å²) in [6.45, 7) is 6.61. The predicted molar refractivity (Wildman–Crippen MR) is 131 cm³/mol. The van der Waals surface area contributed by atoms with E-state index < -0.39 is 0 Å². The molecule has 0 saturated heterocycles. The van der Waals surface area contributed by atoms with Gasteiger partial charge in [-0.05, 0) is 61.8 Å². The van der Waals surface area contributed by atoms with Crippen LogP contribution in [0.3, 0.4) is 0 Å². The Hall–Kier alpha value is -2.83. The van der Waals surface area contributed by atoms with Crippen LogP contribution in [0.4, 0.5) is 5.00 Å². The molecular formula is C24H27N5O2S2. The summed E-state index contributed by atoms with van der Waals surface area (Å²) in [7, 11) is 1.87. The SMILES string of the molecule is Cc1cccc(OCc2nnc(SCC(=O)Nc3sc4c(c3C#N)CCC(C)C4)n2C)c1C. The van der Waals surface area contributed by atoms with E-state index in [9.17, 15) is 10.1 Å². The van der Waals surface area contributed by atoms with Crippen LogP contribution in [0.25, 0.3) is 0 Å². The molecule has 1 N–H and O–H groups in total. The van der Waals surface area contributed by atoms with Crippen molar-refractivity contribution in [1.29, 1.82) is 5.26 Å². The largest absolute Gasteiger partial charge is 0.485 e. The van der Waals surface area contributed by atoms with Gasteiger partial charge in [0.25, 0.3) is 0 Å². The van der Waals surface area contributed by atoms with Crippen molar-refractivity contribution < 1.29 is 9.53 Å². The number of aryl methyl sites for hydroxylation is 1. The number of nitrogens with zero attached hydrogens (tertiary/aromatic N) is 4. The van der Waals surface area contributed by atoms with Crippen molar-refractivity contribution in [2.45, 2.75) is 51.8 Å². The van der Waals surface area contributed by atoms with E-state index >= 15 is 0 Å². The maximum atomic E-state index is 12.6. The van der Waals surface area contributed by atoms with Crippen LogP contribution in [0.2, 0.25) is 0 Å². The molecule has 33 heavy (non-hydrogen) atoms. The number of thioether (sulfide) groups is 1. The summed E-state index contributed by atoms with van der Waals surface area (Å²) in [6.07, 6.45) is 2.97. The van der Waals surface area contributed by atoms with Crippen molar-refractivity contribution in [3.63, 3.8) is 0 Å². The number of carbonyl (C=O) groups is 1. The summed E-state index contributed by atoms with van der Waals surface area (Å²) in [5, 5.41) is 22.3. The average molecular weight is 482 g/mol. The molecule has 0 spiro atoms. The molecule has 1 amide bonds. The lowest BCUT2D eigenvalue weighted by atomic mass is 9.89. The Morgan fingerprint density at radius 1 is 1.39 bits per heavy atom. The quantitative estimate of drug-likeness (QED) is 0.487. The molecular weight excluding hydrogens is 454 g/mol. The standard InChI is InChI=1S/C24H27N5O2S2/c1-14-8-9-17-18(11-25)23(33-20(17)10-14)26-22(30)13-32-24-28-27-21(29(24)4)12-31-19-7-5-6-15(2)16(19)3/h5-7,14H,8-10,12-13H2,1-4H3,(H,26,30). The van der Waals surface area contributed by atoms with Crippen LogP contribution in [-0.2, 0) is 31.3 Å². The first kappa shape index (κ1) is 23.3. The highest BCUT2D eigenvalue weighted by Gasteiger charge is 2.24. The lowest BCUT2D eigenvalue weighted by Gasteiger charge is -2.17. The highest BCUT2D eigenvalue weighted by molar-refractivity contribution is 7.99. The zero-order valence-electron chi connectivity index (χ0n) is 19.3. The number of fused-ring (bicyclic) bond motifs is 1. The third kappa shape index (κ3) is 5.07. The number of ether oxygens (including phenoxy) is 1. The molecule has 1 unspecified atom stereocenters. The van der Waals surface area contributed by atoms with Crippen molar-refractivity contribution in [3.8, 4) is 11.8 Å². The molecule has 0 saturated carbocycles. The molecule has 1 atom stereocenters. The summed E-state index contributed by atoms with van der Waals surface area (Å²) >= 11 is 2.86. The van der Waals surface area contributed by atoms with E-state index in [0.717, 1.165) is 36.1 Å². The molecule has 2 aromatic heterocycles. The van der Waals surface area contributed by atoms with Crippen molar-refractivity contribution in [2.75, 3.05) is 11.1 Å². The molecule has 172 valence electrons. The van der Waals surface area contributed by atoms with Crippen LogP contribution >= 0.6 is 23.1 Å². The zero-order chi connectivity index (χ0) is 23.5. The van der Waals surface area contributed by atoms with E-state index in [2.05, 4.69) is 41.5 Å². The molecule has 4 rings (SSSR count).